The maximum Gasteiger partial charge on any atom is 0.191 e. The Balaban J connectivity index is 0.000000633. The predicted octanol–water partition coefficient (Wildman–Crippen LogP) is 28.7. The summed E-state index contributed by atoms with van der Waals surface area (Å²) < 4.78 is 18.9. The molecule has 0 spiro atoms. The van der Waals surface area contributed by atoms with Crippen molar-refractivity contribution < 1.29 is 8.94 Å². The fraction of sp³-hybridized carbons (Fsp3) is 0.557. The van der Waals surface area contributed by atoms with Crippen molar-refractivity contribution in [1.82, 2.24) is 39.1 Å². The summed E-state index contributed by atoms with van der Waals surface area (Å²) in [6, 6.07) is 6.15. The average molecular weight is 1650 g/mol. The minimum absolute atomic E-state index is 0.0846. The lowest BCUT2D eigenvalue weighted by Gasteiger charge is -2.20. The van der Waals surface area contributed by atoms with Crippen molar-refractivity contribution in [2.24, 2.45) is 41.6 Å². The lowest BCUT2D eigenvalue weighted by Crippen LogP contribution is -2.14. The van der Waals surface area contributed by atoms with E-state index in [1.807, 2.05) is 71.2 Å². The monoisotopic (exact) mass is 1650 g/mol. The van der Waals surface area contributed by atoms with Crippen LogP contribution >= 0.6 is 45.7 Å². The highest BCUT2D eigenvalue weighted by Gasteiger charge is 2.27. The number of nitrogens with one attached hydrogen (secondary N) is 1. The largest absolute Gasteiger partial charge is 0.445 e. The summed E-state index contributed by atoms with van der Waals surface area (Å²) in [7, 11) is 0. The minimum atomic E-state index is 0.0846. The van der Waals surface area contributed by atoms with Crippen LogP contribution in [0.3, 0.4) is 0 Å². The molecule has 0 saturated carbocycles. The van der Waals surface area contributed by atoms with Gasteiger partial charge in [0.05, 0.1) is 81.5 Å². The van der Waals surface area contributed by atoms with Gasteiger partial charge in [0.2, 0.25) is 0 Å². The number of rotatable bonds is 5. The van der Waals surface area contributed by atoms with E-state index in [1.165, 1.54) is 49.1 Å². The topological polar surface area (TPSA) is 182 Å². The zero-order valence-electron chi connectivity index (χ0n) is 79.0. The summed E-state index contributed by atoms with van der Waals surface area (Å²) in [5.74, 6) is 2.64. The first kappa shape index (κ1) is 105. The quantitative estimate of drug-likeness (QED) is 0.175. The molecule has 0 amide bonds. The third-order valence-corrected chi connectivity index (χ3v) is 21.5. The van der Waals surface area contributed by atoms with Gasteiger partial charge >= 0.3 is 0 Å². The molecule has 7 aromatic heterocycles. The van der Waals surface area contributed by atoms with E-state index in [0.29, 0.717) is 0 Å². The van der Waals surface area contributed by atoms with Crippen molar-refractivity contribution in [2.75, 3.05) is 19.6 Å². The van der Waals surface area contributed by atoms with E-state index >= 15 is 0 Å². The standard InChI is InChI=1S/4C10H15N.C9H14N2.2C8H13NO.4C8H13NS/c1-5-9-6-8(7-11-9)10(2,3)4;2*1-5-9-8(6-7-11-9)10(2,3)4;1-5-8-6-7-9(11-8)10(2,3)4;1-5-7-6-8(11-10-7)9(2,3)4;1-6-9-5-7(10-6)8(2,3)4;1-6-5-7(10-9-6)8(2,3)4;1-6-9-7(5-10-6)8(2,3)4;1-6-9-5-7(10-6)8(2,3)4;1-6-7(5-10-9-6)8(2,3)4;1-6-5-7(10-9-6)8(2,3)4/h3*5-6H,1,7H2,2-4H3;5,7H,1,6H2,2-4H3;5-6H,1H2,2-4H3,(H,10,11);6*5H,1-4H3. The average Bonchev–Trinajstić information content (AvgIpc) is 1.72. The Labute approximate surface area is 715 Å². The van der Waals surface area contributed by atoms with Crippen LogP contribution in [0.4, 0.5) is 0 Å². The third-order valence-electron chi connectivity index (χ3n) is 17.4. The number of hydrogen-bond acceptors (Lipinski definition) is 17. The van der Waals surface area contributed by atoms with Crippen LogP contribution in [0.5, 0.6) is 0 Å². The second-order valence-corrected chi connectivity index (χ2v) is 43.9. The summed E-state index contributed by atoms with van der Waals surface area (Å²) in [5.41, 5.74) is 19.6. The second-order valence-electron chi connectivity index (χ2n) is 40.2. The maximum absolute atomic E-state index is 5.34. The Morgan fingerprint density at radius 2 is 1.01 bits per heavy atom. The number of aliphatic imine (C=N–C) groups is 4. The molecule has 0 radical (unpaired) electrons. The summed E-state index contributed by atoms with van der Waals surface area (Å²) in [6.07, 6.45) is 22.4. The number of H-pyrrole nitrogens is 1. The van der Waals surface area contributed by atoms with E-state index in [0.717, 1.165) is 99.1 Å². The summed E-state index contributed by atoms with van der Waals surface area (Å²) in [4.78, 5) is 32.7. The molecule has 636 valence electrons. The summed E-state index contributed by atoms with van der Waals surface area (Å²) >= 11 is 6.65. The molecule has 0 aliphatic carbocycles. The number of aryl methyl sites for hydroxylation is 6. The maximum atomic E-state index is 5.34. The summed E-state index contributed by atoms with van der Waals surface area (Å²) in [5, 5.41) is 17.4. The molecule has 0 bridgehead atoms. The van der Waals surface area contributed by atoms with Gasteiger partial charge in [-0.25, -0.2) is 15.0 Å². The molecule has 4 aliphatic heterocycles. The van der Waals surface area contributed by atoms with Crippen LogP contribution in [0.1, 0.15) is 312 Å². The van der Waals surface area contributed by atoms with E-state index in [-0.39, 0.29) is 59.6 Å². The smallest absolute Gasteiger partial charge is 0.191 e. The first-order valence-electron chi connectivity index (χ1n) is 40.0. The van der Waals surface area contributed by atoms with Gasteiger partial charge < -0.3 is 8.94 Å². The first-order chi connectivity index (χ1) is 52.2. The molecule has 4 aliphatic rings. The van der Waals surface area contributed by atoms with Crippen LogP contribution in [0.2, 0.25) is 0 Å². The van der Waals surface area contributed by atoms with Crippen LogP contribution in [-0.2, 0) is 37.9 Å². The van der Waals surface area contributed by atoms with E-state index < -0.39 is 0 Å². The van der Waals surface area contributed by atoms with Crippen molar-refractivity contribution in [1.29, 1.82) is 0 Å². The molecule has 11 heterocycles. The predicted molar refractivity (Wildman–Crippen MR) is 509 cm³/mol. The van der Waals surface area contributed by atoms with Crippen LogP contribution < -0.4 is 0 Å². The number of aromatic nitrogens is 8. The molecule has 14 nitrogen and oxygen atoms in total. The molecule has 1 N–H and O–H groups in total. The molecule has 0 unspecified atom stereocenters. The molecule has 0 aromatic carbocycles. The van der Waals surface area contributed by atoms with Crippen molar-refractivity contribution in [3.05, 3.63) is 222 Å². The number of allylic oxidation sites excluding steroid dienone is 9. The van der Waals surface area contributed by atoms with Gasteiger partial charge in [-0.05, 0) is 161 Å². The fourth-order valence-electron chi connectivity index (χ4n) is 10.0. The molecule has 11 rings (SSSR count). The van der Waals surface area contributed by atoms with E-state index in [1.54, 1.807) is 64.1 Å². The van der Waals surface area contributed by atoms with Crippen molar-refractivity contribution in [3.8, 4) is 0 Å². The molecule has 18 heteroatoms. The Hall–Kier alpha value is -7.51. The molecule has 7 aromatic rings. The van der Waals surface area contributed by atoms with Crippen LogP contribution in [-0.4, -0.2) is 81.5 Å². The molecule has 0 saturated heterocycles. The van der Waals surface area contributed by atoms with Gasteiger partial charge in [0.15, 0.2) is 5.89 Å². The van der Waals surface area contributed by atoms with E-state index in [2.05, 4.69) is 368 Å². The van der Waals surface area contributed by atoms with Gasteiger partial charge in [-0.15, -0.1) is 22.7 Å². The number of nitrogens with zero attached hydrogens (tertiary/aromatic N) is 11. The van der Waals surface area contributed by atoms with Crippen molar-refractivity contribution in [2.45, 2.75) is 314 Å². The number of thiazole rings is 2. The highest BCUT2D eigenvalue weighted by molar-refractivity contribution is 7.11. The highest BCUT2D eigenvalue weighted by Crippen LogP contribution is 2.35. The lowest BCUT2D eigenvalue weighted by atomic mass is 9.84. The zero-order valence-corrected chi connectivity index (χ0v) is 82.2. The first-order valence-corrected chi connectivity index (χ1v) is 43.3. The normalized spacial score (nSPS) is 14.1. The van der Waals surface area contributed by atoms with Gasteiger partial charge in [-0.1, -0.05) is 285 Å². The van der Waals surface area contributed by atoms with E-state index in [9.17, 15) is 0 Å². The molecular formula is C97H152N12O2S4. The summed E-state index contributed by atoms with van der Waals surface area (Å²) in [6.45, 7) is 105. The van der Waals surface area contributed by atoms with Gasteiger partial charge in [0.1, 0.15) is 11.5 Å². The van der Waals surface area contributed by atoms with Gasteiger partial charge in [0, 0.05) is 90.3 Å². The number of aromatic amines is 1. The molecule has 0 fully saturated rings. The molecular weight excluding hydrogens is 1490 g/mol. The Morgan fingerprint density at radius 3 is 1.23 bits per heavy atom. The van der Waals surface area contributed by atoms with Crippen molar-refractivity contribution in [3.63, 3.8) is 0 Å². The lowest BCUT2D eigenvalue weighted by molar-refractivity contribution is 0.327. The van der Waals surface area contributed by atoms with Gasteiger partial charge in [0.25, 0.3) is 0 Å². The van der Waals surface area contributed by atoms with Gasteiger partial charge in [-0.2, -0.15) is 13.8 Å². The number of oxazole rings is 1. The minimum Gasteiger partial charge on any atom is -0.445 e. The Kier molecular flexibility index (Phi) is 41.2. The number of hydrogen-bond donors (Lipinski definition) is 1. The van der Waals surface area contributed by atoms with Crippen LogP contribution in [0.15, 0.2) is 174 Å². The van der Waals surface area contributed by atoms with E-state index in [4.69, 9.17) is 8.94 Å². The Bertz CT molecular complexity index is 4100. The molecule has 0 atom stereocenters. The highest BCUT2D eigenvalue weighted by atomic mass is 32.1. The zero-order chi connectivity index (χ0) is 89.1. The molecule has 115 heavy (non-hydrogen) atoms. The van der Waals surface area contributed by atoms with Gasteiger partial charge in [-0.3, -0.25) is 25.1 Å². The van der Waals surface area contributed by atoms with Crippen LogP contribution in [0, 0.1) is 63.2 Å². The second kappa shape index (κ2) is 44.9. The Morgan fingerprint density at radius 1 is 0.470 bits per heavy atom. The SMILES string of the molecule is C=CC1=NC(C(C)(C)C)=CC1.C=CC1=NCC(C(C)(C)C)=C1.C=CC1=NCC=C1C(C)(C)C.C=CC1=NCC=C1C(C)(C)C.C=Cc1cc(C(C)(C)C)[nH]n1.Cc1cc(C(C)(C)C)on1.Cc1cc(C(C)(C)C)sn1.Cc1nc(C(C)(C)C)cs1.Cc1ncc(C(C)(C)C)o1.Cc1ncc(C(C)(C)C)s1.Cc1nscc1C(C)(C)C. The fourth-order valence-corrected chi connectivity index (χ4v) is 13.5. The van der Waals surface area contributed by atoms with Crippen LogP contribution in [0.25, 0.3) is 6.08 Å². The van der Waals surface area contributed by atoms with Crippen molar-refractivity contribution >= 4 is 74.7 Å². The third kappa shape index (κ3) is 40.0.